The summed E-state index contributed by atoms with van der Waals surface area (Å²) < 4.78 is 12.4. The summed E-state index contributed by atoms with van der Waals surface area (Å²) in [6.45, 7) is 4.90. The number of carbonyl (C=O) groups is 2. The third-order valence-corrected chi connectivity index (χ3v) is 5.14. The first-order valence-electron chi connectivity index (χ1n) is 10.4. The van der Waals surface area contributed by atoms with Crippen LogP contribution in [0.5, 0.6) is 5.75 Å². The molecule has 0 atom stereocenters. The first kappa shape index (κ1) is 22.2. The van der Waals surface area contributed by atoms with Crippen LogP contribution in [0.15, 0.2) is 60.7 Å². The number of hydrogen-bond acceptors (Lipinski definition) is 4. The van der Waals surface area contributed by atoms with Crippen molar-refractivity contribution in [1.29, 1.82) is 0 Å². The maximum Gasteiger partial charge on any atom is 0.339 e. The van der Waals surface area contributed by atoms with Gasteiger partial charge in [0.2, 0.25) is 5.91 Å². The van der Waals surface area contributed by atoms with Crippen molar-refractivity contribution in [3.8, 4) is 17.0 Å². The second kappa shape index (κ2) is 10.5. The van der Waals surface area contributed by atoms with Gasteiger partial charge in [0.05, 0.1) is 19.3 Å². The lowest BCUT2D eigenvalue weighted by Crippen LogP contribution is -2.24. The smallest absolute Gasteiger partial charge is 0.339 e. The number of aromatic nitrogens is 1. The normalized spacial score (nSPS) is 10.5. The number of rotatable bonds is 9. The van der Waals surface area contributed by atoms with E-state index in [-0.39, 0.29) is 11.9 Å². The fourth-order valence-corrected chi connectivity index (χ4v) is 3.44. The van der Waals surface area contributed by atoms with Crippen molar-refractivity contribution in [1.82, 2.24) is 9.88 Å². The summed E-state index contributed by atoms with van der Waals surface area (Å²) in [5.74, 6) is 0.379. The standard InChI is InChI=1S/C25H28N2O4/c1-4-31-25(29)22-16-23(20-8-6-5-7-9-20)27(18(22)2)15-14-24(28)26-17-19-10-12-21(30-3)13-11-19/h5-13,16H,4,14-15,17H2,1-3H3,(H,26,28). The highest BCUT2D eigenvalue weighted by molar-refractivity contribution is 5.92. The number of nitrogens with one attached hydrogen (secondary N) is 1. The lowest BCUT2D eigenvalue weighted by Gasteiger charge is -2.13. The molecule has 0 aliphatic carbocycles. The van der Waals surface area contributed by atoms with Crippen LogP contribution in [0.2, 0.25) is 0 Å². The third-order valence-electron chi connectivity index (χ3n) is 5.14. The molecule has 1 aromatic heterocycles. The summed E-state index contributed by atoms with van der Waals surface area (Å²) in [5.41, 5.74) is 4.20. The van der Waals surface area contributed by atoms with Gasteiger partial charge in [-0.3, -0.25) is 4.79 Å². The lowest BCUT2D eigenvalue weighted by atomic mass is 10.1. The zero-order valence-corrected chi connectivity index (χ0v) is 18.2. The van der Waals surface area contributed by atoms with Crippen molar-refractivity contribution in [3.63, 3.8) is 0 Å². The molecule has 0 saturated carbocycles. The number of hydrogen-bond donors (Lipinski definition) is 1. The number of esters is 1. The van der Waals surface area contributed by atoms with Gasteiger partial charge in [0, 0.05) is 30.9 Å². The maximum absolute atomic E-state index is 12.5. The average molecular weight is 421 g/mol. The van der Waals surface area contributed by atoms with Crippen LogP contribution in [0.3, 0.4) is 0 Å². The van der Waals surface area contributed by atoms with Gasteiger partial charge in [-0.15, -0.1) is 0 Å². The minimum absolute atomic E-state index is 0.0550. The zero-order valence-electron chi connectivity index (χ0n) is 18.2. The summed E-state index contributed by atoms with van der Waals surface area (Å²) in [6, 6.07) is 19.3. The van der Waals surface area contributed by atoms with Crippen LogP contribution in [-0.4, -0.2) is 30.2 Å². The van der Waals surface area contributed by atoms with E-state index in [2.05, 4.69) is 5.32 Å². The van der Waals surface area contributed by atoms with Gasteiger partial charge in [-0.1, -0.05) is 42.5 Å². The highest BCUT2D eigenvalue weighted by Gasteiger charge is 2.19. The van der Waals surface area contributed by atoms with E-state index in [4.69, 9.17) is 9.47 Å². The van der Waals surface area contributed by atoms with Gasteiger partial charge in [-0.25, -0.2) is 4.79 Å². The van der Waals surface area contributed by atoms with E-state index in [0.717, 1.165) is 28.3 Å². The summed E-state index contributed by atoms with van der Waals surface area (Å²) in [7, 11) is 1.62. The summed E-state index contributed by atoms with van der Waals surface area (Å²) in [5, 5.41) is 2.95. The van der Waals surface area contributed by atoms with E-state index in [1.165, 1.54) is 0 Å². The Morgan fingerprint density at radius 1 is 1.03 bits per heavy atom. The van der Waals surface area contributed by atoms with Gasteiger partial charge >= 0.3 is 5.97 Å². The van der Waals surface area contributed by atoms with Crippen molar-refractivity contribution < 1.29 is 19.1 Å². The van der Waals surface area contributed by atoms with Crippen molar-refractivity contribution in [2.75, 3.05) is 13.7 Å². The summed E-state index contributed by atoms with van der Waals surface area (Å²) in [6.07, 6.45) is 0.299. The molecule has 31 heavy (non-hydrogen) atoms. The molecular weight excluding hydrogens is 392 g/mol. The number of ether oxygens (including phenoxy) is 2. The van der Waals surface area contributed by atoms with E-state index in [1.807, 2.05) is 72.2 Å². The Hall–Kier alpha value is -3.54. The van der Waals surface area contributed by atoms with E-state index >= 15 is 0 Å². The maximum atomic E-state index is 12.5. The molecule has 1 amide bonds. The SMILES string of the molecule is CCOC(=O)c1cc(-c2ccccc2)n(CCC(=O)NCc2ccc(OC)cc2)c1C. The highest BCUT2D eigenvalue weighted by atomic mass is 16.5. The molecule has 0 aliphatic heterocycles. The average Bonchev–Trinajstić information content (AvgIpc) is 3.13. The number of methoxy groups -OCH3 is 1. The van der Waals surface area contributed by atoms with Crippen molar-refractivity contribution in [3.05, 3.63) is 77.5 Å². The molecule has 2 aromatic carbocycles. The topological polar surface area (TPSA) is 69.6 Å². The fourth-order valence-electron chi connectivity index (χ4n) is 3.44. The molecule has 1 N–H and O–H groups in total. The highest BCUT2D eigenvalue weighted by Crippen LogP contribution is 2.27. The van der Waals surface area contributed by atoms with Crippen LogP contribution >= 0.6 is 0 Å². The molecule has 0 unspecified atom stereocenters. The van der Waals surface area contributed by atoms with Crippen molar-refractivity contribution in [2.24, 2.45) is 0 Å². The molecule has 0 radical (unpaired) electrons. The first-order valence-corrected chi connectivity index (χ1v) is 10.4. The zero-order chi connectivity index (χ0) is 22.2. The monoisotopic (exact) mass is 420 g/mol. The molecule has 3 rings (SSSR count). The molecule has 0 spiro atoms. The molecule has 0 aliphatic rings. The fraction of sp³-hybridized carbons (Fsp3) is 0.280. The van der Waals surface area contributed by atoms with E-state index in [9.17, 15) is 9.59 Å². The summed E-state index contributed by atoms with van der Waals surface area (Å²) in [4.78, 5) is 24.9. The van der Waals surface area contributed by atoms with Gasteiger partial charge in [-0.05, 0) is 43.2 Å². The molecule has 6 nitrogen and oxygen atoms in total. The van der Waals surface area contributed by atoms with Gasteiger partial charge in [0.25, 0.3) is 0 Å². The molecule has 0 saturated heterocycles. The predicted octanol–water partition coefficient (Wildman–Crippen LogP) is 4.36. The molecule has 162 valence electrons. The van der Waals surface area contributed by atoms with Crippen LogP contribution in [-0.2, 0) is 22.6 Å². The summed E-state index contributed by atoms with van der Waals surface area (Å²) >= 11 is 0. The molecule has 0 bridgehead atoms. The van der Waals surface area contributed by atoms with Crippen molar-refractivity contribution in [2.45, 2.75) is 33.4 Å². The Morgan fingerprint density at radius 3 is 2.39 bits per heavy atom. The second-order valence-corrected chi connectivity index (χ2v) is 7.14. The largest absolute Gasteiger partial charge is 0.497 e. The Morgan fingerprint density at radius 2 is 1.74 bits per heavy atom. The van der Waals surface area contributed by atoms with Crippen molar-refractivity contribution >= 4 is 11.9 Å². The van der Waals surface area contributed by atoms with Gasteiger partial charge < -0.3 is 19.4 Å². The third kappa shape index (κ3) is 5.54. The molecule has 1 heterocycles. The number of carbonyl (C=O) groups excluding carboxylic acids is 2. The lowest BCUT2D eigenvalue weighted by molar-refractivity contribution is -0.121. The Balaban J connectivity index is 1.71. The first-order chi connectivity index (χ1) is 15.0. The predicted molar refractivity (Wildman–Crippen MR) is 120 cm³/mol. The second-order valence-electron chi connectivity index (χ2n) is 7.14. The number of nitrogens with zero attached hydrogens (tertiary/aromatic N) is 1. The molecule has 3 aromatic rings. The van der Waals surface area contributed by atoms with Crippen LogP contribution < -0.4 is 10.1 Å². The van der Waals surface area contributed by atoms with E-state index in [0.29, 0.717) is 31.7 Å². The Labute approximate surface area is 182 Å². The van der Waals surface area contributed by atoms with Gasteiger partial charge in [0.1, 0.15) is 5.75 Å². The van der Waals surface area contributed by atoms with Crippen LogP contribution in [0, 0.1) is 6.92 Å². The molecule has 6 heteroatoms. The van der Waals surface area contributed by atoms with Crippen LogP contribution in [0.1, 0.15) is 35.0 Å². The molecular formula is C25H28N2O4. The Bertz CT molecular complexity index is 1020. The minimum atomic E-state index is -0.347. The van der Waals surface area contributed by atoms with Gasteiger partial charge in [0.15, 0.2) is 0 Å². The quantitative estimate of drug-likeness (QED) is 0.523. The minimum Gasteiger partial charge on any atom is -0.497 e. The molecule has 0 fully saturated rings. The number of benzene rings is 2. The van der Waals surface area contributed by atoms with Gasteiger partial charge in [-0.2, -0.15) is 0 Å². The number of amides is 1. The van der Waals surface area contributed by atoms with Crippen LogP contribution in [0.25, 0.3) is 11.3 Å². The van der Waals surface area contributed by atoms with Crippen LogP contribution in [0.4, 0.5) is 0 Å². The Kier molecular flexibility index (Phi) is 7.49. The van der Waals surface area contributed by atoms with E-state index < -0.39 is 0 Å². The van der Waals surface area contributed by atoms with E-state index in [1.54, 1.807) is 14.0 Å².